The lowest BCUT2D eigenvalue weighted by Gasteiger charge is -2.29. The van der Waals surface area contributed by atoms with Gasteiger partial charge < -0.3 is 24.8 Å². The molecule has 3 aromatic rings. The number of rotatable bonds is 5. The largest absolute Gasteiger partial charge is 0.459 e. The van der Waals surface area contributed by atoms with Crippen molar-refractivity contribution in [1.29, 1.82) is 0 Å². The average Bonchev–Trinajstić information content (AvgIpc) is 3.16. The summed E-state index contributed by atoms with van der Waals surface area (Å²) in [6.45, 7) is 2.82. The third-order valence-corrected chi connectivity index (χ3v) is 5.63. The van der Waals surface area contributed by atoms with Crippen LogP contribution >= 0.6 is 0 Å². The number of hydrogen-bond acceptors (Lipinski definition) is 6. The quantitative estimate of drug-likeness (QED) is 0.493. The van der Waals surface area contributed by atoms with Crippen molar-refractivity contribution < 1.29 is 33.3 Å². The number of aliphatic hydroxyl groups excluding tert-OH is 2. The van der Waals surface area contributed by atoms with Gasteiger partial charge in [-0.25, -0.2) is 18.6 Å². The van der Waals surface area contributed by atoms with Gasteiger partial charge in [0.15, 0.2) is 11.6 Å². The number of amides is 1. The molecule has 0 spiro atoms. The Balaban J connectivity index is 1.83. The highest BCUT2D eigenvalue weighted by molar-refractivity contribution is 6.18. The number of carbonyl (C=O) groups is 2. The van der Waals surface area contributed by atoms with Crippen molar-refractivity contribution in [2.45, 2.75) is 25.4 Å². The predicted molar refractivity (Wildman–Crippen MR) is 119 cm³/mol. The minimum atomic E-state index is -1.27. The van der Waals surface area contributed by atoms with Crippen LogP contribution in [0.5, 0.6) is 0 Å². The first-order valence-electron chi connectivity index (χ1n) is 10.5. The number of esters is 1. The van der Waals surface area contributed by atoms with E-state index < -0.39 is 48.2 Å². The summed E-state index contributed by atoms with van der Waals surface area (Å²) in [6.07, 6.45) is 1.62. The lowest BCUT2D eigenvalue weighted by molar-refractivity contribution is -0.140. The lowest BCUT2D eigenvalue weighted by atomic mass is 9.82. The number of aliphatic hydroxyl groups is 2. The zero-order chi connectivity index (χ0) is 24.6. The van der Waals surface area contributed by atoms with E-state index in [1.807, 2.05) is 19.9 Å². The van der Waals surface area contributed by atoms with Crippen molar-refractivity contribution in [2.24, 2.45) is 0 Å². The third-order valence-electron chi connectivity index (χ3n) is 5.63. The summed E-state index contributed by atoms with van der Waals surface area (Å²) < 4.78 is 32.4. The van der Waals surface area contributed by atoms with E-state index in [2.05, 4.69) is 9.97 Å². The van der Waals surface area contributed by atoms with Crippen molar-refractivity contribution in [3.8, 4) is 0 Å². The highest BCUT2D eigenvalue weighted by Crippen LogP contribution is 2.40. The number of nitrogens with one attached hydrogen (secondary N) is 1. The highest BCUT2D eigenvalue weighted by atomic mass is 19.2. The molecule has 0 fully saturated rings. The molecule has 0 saturated carbocycles. The molecule has 1 unspecified atom stereocenters. The summed E-state index contributed by atoms with van der Waals surface area (Å²) in [4.78, 5) is 35.0. The summed E-state index contributed by atoms with van der Waals surface area (Å²) in [6, 6.07) is 6.42. The smallest absolute Gasteiger partial charge is 0.341 e. The van der Waals surface area contributed by atoms with Crippen LogP contribution in [0.15, 0.2) is 42.7 Å². The van der Waals surface area contributed by atoms with Crippen LogP contribution in [0.2, 0.25) is 0 Å². The van der Waals surface area contributed by atoms with Gasteiger partial charge in [0.05, 0.1) is 17.9 Å². The Morgan fingerprint density at radius 2 is 2.03 bits per heavy atom. The monoisotopic (exact) mass is 471 g/mol. The van der Waals surface area contributed by atoms with Crippen LogP contribution in [0.4, 0.5) is 8.78 Å². The second kappa shape index (κ2) is 8.96. The molecule has 3 heterocycles. The SMILES string of the molecule is CC1(C)CN(C(=O)c2ccc(F)c(F)c2)C=C(C(=O)OCC(O)CO)c2[nH]c3ncccc3c21. The molecule has 1 aromatic carbocycles. The highest BCUT2D eigenvalue weighted by Gasteiger charge is 2.38. The number of fused-ring (bicyclic) bond motifs is 3. The molecule has 8 nitrogen and oxygen atoms in total. The number of carbonyl (C=O) groups excluding carboxylic acids is 2. The lowest BCUT2D eigenvalue weighted by Crippen LogP contribution is -2.37. The van der Waals surface area contributed by atoms with E-state index in [-0.39, 0.29) is 17.7 Å². The molecule has 0 aliphatic carbocycles. The van der Waals surface area contributed by atoms with Crippen molar-refractivity contribution in [3.63, 3.8) is 0 Å². The molecule has 1 amide bonds. The van der Waals surface area contributed by atoms with E-state index in [4.69, 9.17) is 9.84 Å². The summed E-state index contributed by atoms with van der Waals surface area (Å²) in [5.41, 5.74) is 0.847. The second-order valence-corrected chi connectivity index (χ2v) is 8.70. The van der Waals surface area contributed by atoms with Crippen LogP contribution in [0.1, 0.15) is 35.5 Å². The first-order chi connectivity index (χ1) is 16.1. The molecule has 1 aliphatic heterocycles. The average molecular weight is 471 g/mol. The van der Waals surface area contributed by atoms with Gasteiger partial charge in [-0.15, -0.1) is 0 Å². The zero-order valence-corrected chi connectivity index (χ0v) is 18.5. The van der Waals surface area contributed by atoms with Crippen LogP contribution in [-0.4, -0.2) is 62.8 Å². The van der Waals surface area contributed by atoms with Crippen LogP contribution in [0, 0.1) is 11.6 Å². The van der Waals surface area contributed by atoms with Crippen LogP contribution < -0.4 is 0 Å². The van der Waals surface area contributed by atoms with Gasteiger partial charge in [-0.2, -0.15) is 0 Å². The molecule has 4 rings (SSSR count). The fourth-order valence-corrected chi connectivity index (χ4v) is 4.08. The fourth-order valence-electron chi connectivity index (χ4n) is 4.08. The molecular formula is C24H23F2N3O5. The maximum Gasteiger partial charge on any atom is 0.341 e. The number of ether oxygens (including phenoxy) is 1. The maximum absolute atomic E-state index is 13.8. The number of pyridine rings is 1. The molecule has 1 aliphatic rings. The van der Waals surface area contributed by atoms with Gasteiger partial charge in [0.2, 0.25) is 0 Å². The first-order valence-corrected chi connectivity index (χ1v) is 10.5. The Kier molecular flexibility index (Phi) is 6.20. The second-order valence-electron chi connectivity index (χ2n) is 8.70. The van der Waals surface area contributed by atoms with Gasteiger partial charge >= 0.3 is 5.97 Å². The molecule has 0 saturated heterocycles. The van der Waals surface area contributed by atoms with Crippen molar-refractivity contribution in [2.75, 3.05) is 19.8 Å². The number of halogens is 2. The number of benzene rings is 1. The summed E-state index contributed by atoms with van der Waals surface area (Å²) in [7, 11) is 0. The normalized spacial score (nSPS) is 15.9. The molecule has 34 heavy (non-hydrogen) atoms. The van der Waals surface area contributed by atoms with Gasteiger partial charge in [0, 0.05) is 35.3 Å². The third kappa shape index (κ3) is 4.29. The van der Waals surface area contributed by atoms with Crippen LogP contribution in [0.25, 0.3) is 16.6 Å². The van der Waals surface area contributed by atoms with Gasteiger partial charge in [-0.3, -0.25) is 4.79 Å². The summed E-state index contributed by atoms with van der Waals surface area (Å²) in [5.74, 6) is -3.73. The Labute approximate surface area is 193 Å². The predicted octanol–water partition coefficient (Wildman–Crippen LogP) is 2.51. The van der Waals surface area contributed by atoms with E-state index >= 15 is 0 Å². The number of aromatic nitrogens is 2. The number of nitrogens with zero attached hydrogens (tertiary/aromatic N) is 2. The Morgan fingerprint density at radius 1 is 1.26 bits per heavy atom. The van der Waals surface area contributed by atoms with Crippen molar-refractivity contribution in [3.05, 3.63) is 71.2 Å². The topological polar surface area (TPSA) is 116 Å². The minimum Gasteiger partial charge on any atom is -0.459 e. The van der Waals surface area contributed by atoms with Gasteiger partial charge in [0.25, 0.3) is 5.91 Å². The standard InChI is InChI=1S/C24H23F2N3O5/c1-24(2)12-29(22(32)13-5-6-17(25)18(26)8-13)9-16(23(33)34-11-14(31)10-30)20-19(24)15-4-3-7-27-21(15)28-20/h3-9,14,30-31H,10-12H2,1-2H3,(H,27,28). The van der Waals surface area contributed by atoms with Crippen molar-refractivity contribution in [1.82, 2.24) is 14.9 Å². The van der Waals surface area contributed by atoms with E-state index in [9.17, 15) is 23.5 Å². The Bertz CT molecular complexity index is 1300. The van der Waals surface area contributed by atoms with E-state index in [0.717, 1.165) is 23.1 Å². The summed E-state index contributed by atoms with van der Waals surface area (Å²) in [5, 5.41) is 19.4. The van der Waals surface area contributed by atoms with E-state index in [0.29, 0.717) is 11.3 Å². The molecular weight excluding hydrogens is 448 g/mol. The van der Waals surface area contributed by atoms with E-state index in [1.165, 1.54) is 17.2 Å². The van der Waals surface area contributed by atoms with Gasteiger partial charge in [-0.05, 0) is 35.9 Å². The molecule has 3 N–H and O–H groups in total. The minimum absolute atomic E-state index is 0.0142. The number of H-pyrrole nitrogens is 1. The van der Waals surface area contributed by atoms with E-state index in [1.54, 1.807) is 12.3 Å². The molecule has 10 heteroatoms. The number of aromatic amines is 1. The van der Waals surface area contributed by atoms with Crippen molar-refractivity contribution >= 4 is 28.5 Å². The van der Waals surface area contributed by atoms with Crippen LogP contribution in [0.3, 0.4) is 0 Å². The summed E-state index contributed by atoms with van der Waals surface area (Å²) >= 11 is 0. The molecule has 0 bridgehead atoms. The molecule has 2 aromatic heterocycles. The van der Waals surface area contributed by atoms with Gasteiger partial charge in [0.1, 0.15) is 18.4 Å². The molecule has 1 atom stereocenters. The fraction of sp³-hybridized carbons (Fsp3) is 0.292. The Morgan fingerprint density at radius 3 is 2.74 bits per heavy atom. The van der Waals surface area contributed by atoms with Gasteiger partial charge in [-0.1, -0.05) is 13.8 Å². The van der Waals surface area contributed by atoms with Crippen LogP contribution in [-0.2, 0) is 14.9 Å². The number of hydrogen-bond donors (Lipinski definition) is 3. The zero-order valence-electron chi connectivity index (χ0n) is 18.5. The molecule has 178 valence electrons. The molecule has 0 radical (unpaired) electrons. The maximum atomic E-state index is 13.8. The first kappa shape index (κ1) is 23.5. The Hall–Kier alpha value is -3.63.